The minimum atomic E-state index is -0.512. The first kappa shape index (κ1) is 19.3. The van der Waals surface area contributed by atoms with Gasteiger partial charge in [0.1, 0.15) is 5.56 Å². The van der Waals surface area contributed by atoms with Gasteiger partial charge in [-0.15, -0.1) is 0 Å². The minimum Gasteiger partial charge on any atom is -0.379 e. The lowest BCUT2D eigenvalue weighted by atomic mass is 9.89. The summed E-state index contributed by atoms with van der Waals surface area (Å²) in [6, 6.07) is 11.9. The maximum Gasteiger partial charge on any atom is 0.284 e. The van der Waals surface area contributed by atoms with E-state index in [4.69, 9.17) is 16.3 Å². The second-order valence-corrected chi connectivity index (χ2v) is 7.25. The van der Waals surface area contributed by atoms with Crippen LogP contribution in [0.1, 0.15) is 23.2 Å². The van der Waals surface area contributed by atoms with E-state index in [1.165, 1.54) is 16.9 Å². The van der Waals surface area contributed by atoms with Crippen LogP contribution in [0.25, 0.3) is 16.9 Å². The zero-order chi connectivity index (χ0) is 20.4. The van der Waals surface area contributed by atoms with Gasteiger partial charge in [-0.05, 0) is 43.2 Å². The molecule has 1 fully saturated rings. The number of aromatic nitrogens is 3. The van der Waals surface area contributed by atoms with Gasteiger partial charge in [-0.2, -0.15) is 9.78 Å². The van der Waals surface area contributed by atoms with Gasteiger partial charge < -0.3 is 10.1 Å². The van der Waals surface area contributed by atoms with Crippen LogP contribution in [0, 0.1) is 0 Å². The van der Waals surface area contributed by atoms with Crippen LogP contribution >= 0.6 is 11.6 Å². The van der Waals surface area contributed by atoms with E-state index in [0.29, 0.717) is 16.4 Å². The van der Waals surface area contributed by atoms with Gasteiger partial charge in [0.25, 0.3) is 11.5 Å². The number of ether oxygens (including phenoxy) is 1. The fraction of sp³-hybridized carbons (Fsp3) is 0.238. The van der Waals surface area contributed by atoms with Gasteiger partial charge in [-0.3, -0.25) is 14.6 Å². The molecule has 1 aliphatic carbocycles. The number of hydrogen-bond donors (Lipinski definition) is 1. The van der Waals surface area contributed by atoms with E-state index in [9.17, 15) is 9.59 Å². The standard InChI is InChI=1S/C21H19ClN4O3/c1-29-19-9-8-17(19)24-20(27)16-11-18(13-4-6-14(22)7-5-13)25-26(21(16)28)15-3-2-10-23-12-15/h2-7,10-12,17,19H,8-9H2,1H3,(H,24,27). The molecule has 29 heavy (non-hydrogen) atoms. The predicted molar refractivity (Wildman–Crippen MR) is 109 cm³/mol. The number of halogens is 1. The molecule has 1 aromatic carbocycles. The maximum absolute atomic E-state index is 13.0. The Balaban J connectivity index is 1.79. The third kappa shape index (κ3) is 3.92. The third-order valence-corrected chi connectivity index (χ3v) is 5.27. The quantitative estimate of drug-likeness (QED) is 0.699. The Morgan fingerprint density at radius 3 is 2.66 bits per heavy atom. The second-order valence-electron chi connectivity index (χ2n) is 6.81. The van der Waals surface area contributed by atoms with E-state index < -0.39 is 11.5 Å². The van der Waals surface area contributed by atoms with Crippen LogP contribution in [0.4, 0.5) is 0 Å². The zero-order valence-corrected chi connectivity index (χ0v) is 16.5. The molecule has 1 amide bonds. The van der Waals surface area contributed by atoms with Crippen molar-refractivity contribution in [3.05, 3.63) is 75.8 Å². The van der Waals surface area contributed by atoms with Crippen LogP contribution < -0.4 is 10.9 Å². The Morgan fingerprint density at radius 2 is 2.03 bits per heavy atom. The first-order valence-electron chi connectivity index (χ1n) is 9.21. The lowest BCUT2D eigenvalue weighted by Gasteiger charge is -2.35. The molecule has 2 heterocycles. The van der Waals surface area contributed by atoms with Crippen LogP contribution in [0.3, 0.4) is 0 Å². The molecule has 0 aliphatic heterocycles. The molecule has 4 rings (SSSR count). The van der Waals surface area contributed by atoms with Gasteiger partial charge in [-0.1, -0.05) is 23.7 Å². The SMILES string of the molecule is COC1CCC1NC(=O)c1cc(-c2ccc(Cl)cc2)nn(-c2cccnc2)c1=O. The monoisotopic (exact) mass is 410 g/mol. The molecule has 8 heteroatoms. The van der Waals surface area contributed by atoms with Gasteiger partial charge in [0, 0.05) is 23.9 Å². The molecule has 0 spiro atoms. The maximum atomic E-state index is 13.0. The molecule has 1 N–H and O–H groups in total. The van der Waals surface area contributed by atoms with Crippen molar-refractivity contribution in [1.29, 1.82) is 0 Å². The number of rotatable bonds is 5. The summed E-state index contributed by atoms with van der Waals surface area (Å²) in [6.07, 6.45) is 4.79. The number of carbonyl (C=O) groups excluding carboxylic acids is 1. The Morgan fingerprint density at radius 1 is 1.24 bits per heavy atom. The Kier molecular flexibility index (Phi) is 5.42. The van der Waals surface area contributed by atoms with Crippen molar-refractivity contribution in [2.24, 2.45) is 0 Å². The molecule has 7 nitrogen and oxygen atoms in total. The zero-order valence-electron chi connectivity index (χ0n) is 15.7. The lowest BCUT2D eigenvalue weighted by molar-refractivity contribution is 0.00726. The van der Waals surface area contributed by atoms with Crippen LogP contribution in [0.5, 0.6) is 0 Å². The molecular formula is C21H19ClN4O3. The summed E-state index contributed by atoms with van der Waals surface area (Å²) in [6.45, 7) is 0. The number of carbonyl (C=O) groups is 1. The summed E-state index contributed by atoms with van der Waals surface area (Å²) in [5, 5.41) is 7.93. The summed E-state index contributed by atoms with van der Waals surface area (Å²) < 4.78 is 6.53. The van der Waals surface area contributed by atoms with Gasteiger partial charge in [-0.25, -0.2) is 0 Å². The summed E-state index contributed by atoms with van der Waals surface area (Å²) in [5.41, 5.74) is 1.18. The first-order chi connectivity index (χ1) is 14.1. The molecule has 1 aliphatic rings. The number of amides is 1. The van der Waals surface area contributed by atoms with E-state index >= 15 is 0 Å². The fourth-order valence-corrected chi connectivity index (χ4v) is 3.36. The predicted octanol–water partition coefficient (Wildman–Crippen LogP) is 2.86. The topological polar surface area (TPSA) is 86.1 Å². The highest BCUT2D eigenvalue weighted by molar-refractivity contribution is 6.30. The van der Waals surface area contributed by atoms with Gasteiger partial charge in [0.15, 0.2) is 0 Å². The average molecular weight is 411 g/mol. The number of pyridine rings is 1. The van der Waals surface area contributed by atoms with Gasteiger partial charge >= 0.3 is 0 Å². The summed E-state index contributed by atoms with van der Waals surface area (Å²) in [5.74, 6) is -0.447. The molecule has 1 saturated carbocycles. The average Bonchev–Trinajstić information content (AvgIpc) is 2.73. The van der Waals surface area contributed by atoms with Crippen molar-refractivity contribution in [3.63, 3.8) is 0 Å². The summed E-state index contributed by atoms with van der Waals surface area (Å²) in [4.78, 5) is 30.0. The molecule has 2 unspecified atom stereocenters. The molecule has 2 aromatic heterocycles. The number of benzene rings is 1. The van der Waals surface area contributed by atoms with E-state index in [2.05, 4.69) is 15.4 Å². The number of nitrogens with zero attached hydrogens (tertiary/aromatic N) is 3. The molecule has 0 saturated heterocycles. The largest absolute Gasteiger partial charge is 0.379 e. The van der Waals surface area contributed by atoms with Crippen LogP contribution in [0.15, 0.2) is 59.7 Å². The molecule has 2 atom stereocenters. The Hall–Kier alpha value is -3.03. The number of hydrogen-bond acceptors (Lipinski definition) is 5. The summed E-state index contributed by atoms with van der Waals surface area (Å²) >= 11 is 5.98. The van der Waals surface area contributed by atoms with E-state index in [1.807, 2.05) is 0 Å². The van der Waals surface area contributed by atoms with Crippen LogP contribution in [-0.2, 0) is 4.74 Å². The van der Waals surface area contributed by atoms with Crippen molar-refractivity contribution in [3.8, 4) is 16.9 Å². The van der Waals surface area contributed by atoms with Gasteiger partial charge in [0.05, 0.1) is 29.7 Å². The second kappa shape index (κ2) is 8.14. The fourth-order valence-electron chi connectivity index (χ4n) is 3.24. The highest BCUT2D eigenvalue weighted by atomic mass is 35.5. The van der Waals surface area contributed by atoms with Crippen molar-refractivity contribution in [1.82, 2.24) is 20.1 Å². The highest BCUT2D eigenvalue weighted by Gasteiger charge is 2.33. The third-order valence-electron chi connectivity index (χ3n) is 5.02. The van der Waals surface area contributed by atoms with Crippen molar-refractivity contribution in [2.75, 3.05) is 7.11 Å². The lowest BCUT2D eigenvalue weighted by Crippen LogP contribution is -2.52. The minimum absolute atomic E-state index is 0.00977. The Bertz CT molecular complexity index is 1080. The first-order valence-corrected chi connectivity index (χ1v) is 9.59. The molecule has 148 valence electrons. The molecule has 3 aromatic rings. The van der Waals surface area contributed by atoms with E-state index in [-0.39, 0.29) is 17.7 Å². The smallest absolute Gasteiger partial charge is 0.284 e. The van der Waals surface area contributed by atoms with Crippen LogP contribution in [-0.4, -0.2) is 39.9 Å². The number of nitrogens with one attached hydrogen (secondary N) is 1. The highest BCUT2D eigenvalue weighted by Crippen LogP contribution is 2.24. The van der Waals surface area contributed by atoms with Crippen molar-refractivity contribution in [2.45, 2.75) is 25.0 Å². The van der Waals surface area contributed by atoms with E-state index in [0.717, 1.165) is 18.4 Å². The Labute approximate surface area is 172 Å². The van der Waals surface area contributed by atoms with Gasteiger partial charge in [0.2, 0.25) is 0 Å². The number of methoxy groups -OCH3 is 1. The molecule has 0 radical (unpaired) electrons. The molecule has 0 bridgehead atoms. The summed E-state index contributed by atoms with van der Waals surface area (Å²) in [7, 11) is 1.61. The van der Waals surface area contributed by atoms with Crippen molar-refractivity contribution >= 4 is 17.5 Å². The molecular weight excluding hydrogens is 392 g/mol. The van der Waals surface area contributed by atoms with E-state index in [1.54, 1.807) is 49.7 Å². The van der Waals surface area contributed by atoms with Crippen molar-refractivity contribution < 1.29 is 9.53 Å². The normalized spacial score (nSPS) is 18.1. The van der Waals surface area contributed by atoms with Crippen LogP contribution in [0.2, 0.25) is 5.02 Å².